The second-order valence-corrected chi connectivity index (χ2v) is 4.55. The minimum Gasteiger partial charge on any atom is -0.469 e. The molecule has 0 aliphatic rings. The molecule has 96 valence electrons. The Bertz CT molecular complexity index is 491. The molecule has 1 aromatic heterocycles. The molecule has 0 spiro atoms. The summed E-state index contributed by atoms with van der Waals surface area (Å²) in [7, 11) is 0. The van der Waals surface area contributed by atoms with Gasteiger partial charge in [-0.2, -0.15) is 0 Å². The summed E-state index contributed by atoms with van der Waals surface area (Å²) < 4.78 is 18.2. The first-order valence-corrected chi connectivity index (χ1v) is 6.10. The van der Waals surface area contributed by atoms with Crippen LogP contribution in [0, 0.1) is 12.7 Å². The van der Waals surface area contributed by atoms with E-state index in [2.05, 4.69) is 0 Å². The lowest BCUT2D eigenvalue weighted by Crippen LogP contribution is -2.12. The highest BCUT2D eigenvalue weighted by Crippen LogP contribution is 2.15. The van der Waals surface area contributed by atoms with E-state index in [0.29, 0.717) is 19.3 Å². The first-order chi connectivity index (χ1) is 8.65. The Morgan fingerprint density at radius 2 is 2.17 bits per heavy atom. The number of benzene rings is 1. The van der Waals surface area contributed by atoms with Crippen LogP contribution in [0.3, 0.4) is 0 Å². The second kappa shape index (κ2) is 5.83. The number of furan rings is 1. The van der Waals surface area contributed by atoms with Crippen LogP contribution in [0.2, 0.25) is 0 Å². The van der Waals surface area contributed by atoms with E-state index < -0.39 is 6.10 Å². The summed E-state index contributed by atoms with van der Waals surface area (Å²) in [4.78, 5) is 0. The van der Waals surface area contributed by atoms with Crippen molar-refractivity contribution in [1.82, 2.24) is 0 Å². The van der Waals surface area contributed by atoms with E-state index in [1.807, 2.05) is 19.1 Å². The van der Waals surface area contributed by atoms with Crippen LogP contribution in [0.15, 0.2) is 41.0 Å². The van der Waals surface area contributed by atoms with E-state index >= 15 is 0 Å². The summed E-state index contributed by atoms with van der Waals surface area (Å²) in [5.41, 5.74) is 1.87. The van der Waals surface area contributed by atoms with E-state index in [0.717, 1.165) is 16.9 Å². The van der Waals surface area contributed by atoms with Crippen molar-refractivity contribution in [3.05, 3.63) is 59.3 Å². The lowest BCUT2D eigenvalue weighted by molar-refractivity contribution is 0.162. The average molecular weight is 248 g/mol. The maximum atomic E-state index is 12.9. The third-order valence-electron chi connectivity index (χ3n) is 3.06. The number of rotatable bonds is 5. The molecule has 0 saturated carbocycles. The summed E-state index contributed by atoms with van der Waals surface area (Å²) in [5, 5.41) is 9.96. The first-order valence-electron chi connectivity index (χ1n) is 6.10. The van der Waals surface area contributed by atoms with Gasteiger partial charge in [-0.3, -0.25) is 0 Å². The normalized spacial score (nSPS) is 12.6. The molecule has 2 nitrogen and oxygen atoms in total. The van der Waals surface area contributed by atoms with Gasteiger partial charge >= 0.3 is 0 Å². The Hall–Kier alpha value is -1.61. The SMILES string of the molecule is Cc1cc(F)ccc1CC(O)CCc1ccco1. The number of aryl methyl sites for hydroxylation is 2. The van der Waals surface area contributed by atoms with Crippen molar-refractivity contribution in [2.75, 3.05) is 0 Å². The number of aliphatic hydroxyl groups is 1. The quantitative estimate of drug-likeness (QED) is 0.881. The van der Waals surface area contributed by atoms with Gasteiger partial charge in [-0.25, -0.2) is 4.39 Å². The highest BCUT2D eigenvalue weighted by molar-refractivity contribution is 5.27. The minimum absolute atomic E-state index is 0.235. The molecule has 0 saturated heterocycles. The van der Waals surface area contributed by atoms with Crippen molar-refractivity contribution in [1.29, 1.82) is 0 Å². The second-order valence-electron chi connectivity index (χ2n) is 4.55. The molecule has 2 aromatic rings. The van der Waals surface area contributed by atoms with Crippen LogP contribution in [0.25, 0.3) is 0 Å². The van der Waals surface area contributed by atoms with Crippen LogP contribution in [-0.2, 0) is 12.8 Å². The topological polar surface area (TPSA) is 33.4 Å². The number of hydrogen-bond acceptors (Lipinski definition) is 2. The third kappa shape index (κ3) is 3.44. The van der Waals surface area contributed by atoms with Crippen LogP contribution in [0.1, 0.15) is 23.3 Å². The molecule has 1 N–H and O–H groups in total. The molecule has 0 aliphatic heterocycles. The zero-order valence-corrected chi connectivity index (χ0v) is 10.4. The molecule has 2 rings (SSSR count). The Morgan fingerprint density at radius 3 is 2.83 bits per heavy atom. The van der Waals surface area contributed by atoms with Crippen molar-refractivity contribution in [3.63, 3.8) is 0 Å². The summed E-state index contributed by atoms with van der Waals surface area (Å²) in [6.45, 7) is 1.86. The van der Waals surface area contributed by atoms with Gasteiger partial charge in [0.1, 0.15) is 11.6 Å². The van der Waals surface area contributed by atoms with Crippen molar-refractivity contribution >= 4 is 0 Å². The largest absolute Gasteiger partial charge is 0.469 e. The van der Waals surface area contributed by atoms with E-state index in [4.69, 9.17) is 4.42 Å². The zero-order chi connectivity index (χ0) is 13.0. The molecule has 0 fully saturated rings. The molecular formula is C15H17FO2. The van der Waals surface area contributed by atoms with Crippen molar-refractivity contribution in [3.8, 4) is 0 Å². The maximum Gasteiger partial charge on any atom is 0.123 e. The van der Waals surface area contributed by atoms with E-state index in [9.17, 15) is 9.50 Å². The molecule has 1 aromatic carbocycles. The van der Waals surface area contributed by atoms with Crippen molar-refractivity contribution < 1.29 is 13.9 Å². The van der Waals surface area contributed by atoms with Crippen molar-refractivity contribution in [2.24, 2.45) is 0 Å². The summed E-state index contributed by atoms with van der Waals surface area (Å²) in [5.74, 6) is 0.645. The fourth-order valence-electron chi connectivity index (χ4n) is 2.01. The van der Waals surface area contributed by atoms with Gasteiger partial charge in [0.2, 0.25) is 0 Å². The standard InChI is InChI=1S/C15H17FO2/c1-11-9-13(16)5-4-12(11)10-14(17)6-7-15-3-2-8-18-15/h2-5,8-9,14,17H,6-7,10H2,1H3. The summed E-state index contributed by atoms with van der Waals surface area (Å²) >= 11 is 0. The predicted molar refractivity (Wildman–Crippen MR) is 67.9 cm³/mol. The Labute approximate surface area is 106 Å². The average Bonchev–Trinajstić information content (AvgIpc) is 2.83. The molecule has 3 heteroatoms. The smallest absolute Gasteiger partial charge is 0.123 e. The summed E-state index contributed by atoms with van der Waals surface area (Å²) in [6.07, 6.45) is 3.11. The van der Waals surface area contributed by atoms with Crippen LogP contribution < -0.4 is 0 Å². The maximum absolute atomic E-state index is 12.9. The number of aliphatic hydroxyl groups excluding tert-OH is 1. The molecule has 1 unspecified atom stereocenters. The van der Waals surface area contributed by atoms with E-state index in [1.165, 1.54) is 12.1 Å². The van der Waals surface area contributed by atoms with Gasteiger partial charge in [-0.15, -0.1) is 0 Å². The summed E-state index contributed by atoms with van der Waals surface area (Å²) in [6, 6.07) is 8.40. The Balaban J connectivity index is 1.88. The van der Waals surface area contributed by atoms with Gasteiger partial charge in [-0.05, 0) is 55.2 Å². The molecule has 1 heterocycles. The van der Waals surface area contributed by atoms with Gasteiger partial charge in [0, 0.05) is 6.42 Å². The van der Waals surface area contributed by atoms with Gasteiger partial charge < -0.3 is 9.52 Å². The van der Waals surface area contributed by atoms with Gasteiger partial charge in [0.25, 0.3) is 0 Å². The molecule has 0 aliphatic carbocycles. The van der Waals surface area contributed by atoms with Gasteiger partial charge in [-0.1, -0.05) is 6.07 Å². The molecule has 0 bridgehead atoms. The van der Waals surface area contributed by atoms with Crippen LogP contribution in [0.5, 0.6) is 0 Å². The molecule has 0 amide bonds. The highest BCUT2D eigenvalue weighted by Gasteiger charge is 2.09. The van der Waals surface area contributed by atoms with E-state index in [-0.39, 0.29) is 5.82 Å². The monoisotopic (exact) mass is 248 g/mol. The number of halogens is 1. The van der Waals surface area contributed by atoms with Gasteiger partial charge in [0.15, 0.2) is 0 Å². The van der Waals surface area contributed by atoms with Crippen molar-refractivity contribution in [2.45, 2.75) is 32.3 Å². The molecule has 18 heavy (non-hydrogen) atoms. The van der Waals surface area contributed by atoms with E-state index in [1.54, 1.807) is 12.3 Å². The minimum atomic E-state index is -0.431. The highest BCUT2D eigenvalue weighted by atomic mass is 19.1. The van der Waals surface area contributed by atoms with Gasteiger partial charge in [0.05, 0.1) is 12.4 Å². The molecular weight excluding hydrogens is 231 g/mol. The Morgan fingerprint density at radius 1 is 1.33 bits per heavy atom. The van der Waals surface area contributed by atoms with Crippen LogP contribution in [0.4, 0.5) is 4.39 Å². The fraction of sp³-hybridized carbons (Fsp3) is 0.333. The first kappa shape index (κ1) is 12.8. The third-order valence-corrected chi connectivity index (χ3v) is 3.06. The molecule has 1 atom stereocenters. The number of hydrogen-bond donors (Lipinski definition) is 1. The zero-order valence-electron chi connectivity index (χ0n) is 10.4. The Kier molecular flexibility index (Phi) is 4.15. The predicted octanol–water partition coefficient (Wildman–Crippen LogP) is 3.26. The lowest BCUT2D eigenvalue weighted by Gasteiger charge is -2.11. The molecule has 0 radical (unpaired) electrons. The lowest BCUT2D eigenvalue weighted by atomic mass is 10.00. The van der Waals surface area contributed by atoms with Crippen LogP contribution in [-0.4, -0.2) is 11.2 Å². The van der Waals surface area contributed by atoms with Crippen LogP contribution >= 0.6 is 0 Å². The fourth-order valence-corrected chi connectivity index (χ4v) is 2.01.